The normalized spacial score (nSPS) is 11.4. The van der Waals surface area contributed by atoms with Gasteiger partial charge in [0.2, 0.25) is 11.4 Å². The summed E-state index contributed by atoms with van der Waals surface area (Å²) in [7, 11) is 0. The number of nitrogens with two attached hydrogens (primary N) is 1. The lowest BCUT2D eigenvalue weighted by Crippen LogP contribution is -2.43. The van der Waals surface area contributed by atoms with Crippen molar-refractivity contribution in [3.8, 4) is 0 Å². The fourth-order valence-electron chi connectivity index (χ4n) is 3.68. The molecule has 2 N–H and O–H groups in total. The monoisotopic (exact) mass is 351 g/mol. The highest BCUT2D eigenvalue weighted by Gasteiger charge is 2.12. The topological polar surface area (TPSA) is 29.9 Å². The molecule has 0 saturated carbocycles. The first-order valence-corrected chi connectivity index (χ1v) is 9.26. The van der Waals surface area contributed by atoms with Gasteiger partial charge in [-0.25, -0.2) is 0 Å². The van der Waals surface area contributed by atoms with Crippen molar-refractivity contribution in [1.29, 1.82) is 0 Å². The van der Waals surface area contributed by atoms with Crippen LogP contribution in [-0.4, -0.2) is 6.54 Å². The third-order valence-corrected chi connectivity index (χ3v) is 4.95. The molecule has 4 aromatic rings. The molecule has 0 aliphatic carbocycles. The molecule has 0 radical (unpaired) electrons. The number of rotatable bonds is 5. The summed E-state index contributed by atoms with van der Waals surface area (Å²) in [6.07, 6.45) is 6.27. The minimum absolute atomic E-state index is 0.591. The Labute approximate surface area is 159 Å². The average Bonchev–Trinajstić information content (AvgIpc) is 2.72. The van der Waals surface area contributed by atoms with Crippen molar-refractivity contribution in [3.05, 3.63) is 96.3 Å². The lowest BCUT2D eigenvalue weighted by atomic mass is 9.96. The van der Waals surface area contributed by atoms with E-state index in [0.717, 1.165) is 17.9 Å². The Morgan fingerprint density at radius 2 is 1.41 bits per heavy atom. The Morgan fingerprint density at radius 3 is 2.04 bits per heavy atom. The number of benzene rings is 3. The van der Waals surface area contributed by atoms with Crippen molar-refractivity contribution < 1.29 is 4.57 Å². The van der Waals surface area contributed by atoms with Crippen LogP contribution in [-0.2, 0) is 6.54 Å². The zero-order chi connectivity index (χ0) is 18.6. The quantitative estimate of drug-likeness (QED) is 0.396. The van der Waals surface area contributed by atoms with E-state index in [9.17, 15) is 0 Å². The predicted octanol–water partition coefficient (Wildman–Crippen LogP) is 5.05. The molecule has 0 fully saturated rings. The molecule has 0 amide bonds. The van der Waals surface area contributed by atoms with E-state index >= 15 is 0 Å². The number of aromatic nitrogens is 1. The molecule has 0 bridgehead atoms. The van der Waals surface area contributed by atoms with E-state index in [1.165, 1.54) is 27.1 Å². The molecule has 132 valence electrons. The fourth-order valence-corrected chi connectivity index (χ4v) is 3.68. The number of pyridine rings is 1. The van der Waals surface area contributed by atoms with Crippen molar-refractivity contribution >= 4 is 39.8 Å². The lowest BCUT2D eigenvalue weighted by molar-refractivity contribution is -0.697. The van der Waals surface area contributed by atoms with Gasteiger partial charge in [0.1, 0.15) is 0 Å². The van der Waals surface area contributed by atoms with Crippen LogP contribution in [0.3, 0.4) is 0 Å². The highest BCUT2D eigenvalue weighted by atomic mass is 15.0. The number of hydrogen-bond acceptors (Lipinski definition) is 1. The molecular formula is C25H23N2+. The largest absolute Gasteiger partial charge is 0.325 e. The van der Waals surface area contributed by atoms with Crippen LogP contribution in [0.1, 0.15) is 17.0 Å². The van der Waals surface area contributed by atoms with E-state index in [1.807, 2.05) is 6.08 Å². The minimum atomic E-state index is 0.591. The second-order valence-corrected chi connectivity index (χ2v) is 6.59. The molecule has 0 atom stereocenters. The molecular weight excluding hydrogens is 328 g/mol. The van der Waals surface area contributed by atoms with Gasteiger partial charge in [0.15, 0.2) is 6.54 Å². The second kappa shape index (κ2) is 7.56. The van der Waals surface area contributed by atoms with Crippen molar-refractivity contribution in [1.82, 2.24) is 0 Å². The van der Waals surface area contributed by atoms with Crippen molar-refractivity contribution in [2.45, 2.75) is 6.54 Å². The third-order valence-electron chi connectivity index (χ3n) is 4.95. The summed E-state index contributed by atoms with van der Waals surface area (Å²) < 4.78 is 2.21. The molecule has 2 nitrogen and oxygen atoms in total. The molecule has 0 aliphatic rings. The van der Waals surface area contributed by atoms with Gasteiger partial charge < -0.3 is 5.73 Å². The van der Waals surface area contributed by atoms with Crippen molar-refractivity contribution in [2.75, 3.05) is 6.54 Å². The van der Waals surface area contributed by atoms with Crippen LogP contribution < -0.4 is 10.3 Å². The zero-order valence-corrected chi connectivity index (χ0v) is 15.3. The van der Waals surface area contributed by atoms with Gasteiger partial charge in [-0.15, -0.1) is 0 Å². The van der Waals surface area contributed by atoms with Crippen LogP contribution in [0, 0.1) is 0 Å². The smallest absolute Gasteiger partial charge is 0.205 e. The zero-order valence-electron chi connectivity index (χ0n) is 15.3. The number of nitrogens with zero attached hydrogens (tertiary/aromatic N) is 1. The van der Waals surface area contributed by atoms with Crippen LogP contribution in [0.5, 0.6) is 0 Å². The van der Waals surface area contributed by atoms with Gasteiger partial charge in [-0.3, -0.25) is 0 Å². The van der Waals surface area contributed by atoms with E-state index in [2.05, 4.69) is 96.1 Å². The van der Waals surface area contributed by atoms with E-state index < -0.39 is 0 Å². The van der Waals surface area contributed by atoms with Gasteiger partial charge in [0.05, 0.1) is 6.54 Å². The maximum absolute atomic E-state index is 5.83. The second-order valence-electron chi connectivity index (χ2n) is 6.59. The van der Waals surface area contributed by atoms with Crippen LogP contribution in [0.4, 0.5) is 0 Å². The lowest BCUT2D eigenvalue weighted by Gasteiger charge is -2.08. The molecule has 2 heteroatoms. The summed E-state index contributed by atoms with van der Waals surface area (Å²) in [6.45, 7) is 5.28. The van der Waals surface area contributed by atoms with Crippen molar-refractivity contribution in [2.24, 2.45) is 5.73 Å². The Hall–Kier alpha value is -3.23. The molecule has 1 heterocycles. The molecule has 0 saturated heterocycles. The van der Waals surface area contributed by atoms with Gasteiger partial charge in [-0.05, 0) is 45.3 Å². The molecule has 4 rings (SSSR count). The summed E-state index contributed by atoms with van der Waals surface area (Å²) in [6, 6.07) is 25.6. The maximum atomic E-state index is 5.83. The number of fused-ring (bicyclic) bond motifs is 2. The summed E-state index contributed by atoms with van der Waals surface area (Å²) in [5.41, 5.74) is 9.27. The van der Waals surface area contributed by atoms with Crippen LogP contribution in [0.15, 0.2) is 79.4 Å². The average molecular weight is 351 g/mol. The first kappa shape index (κ1) is 17.2. The Morgan fingerprint density at radius 1 is 0.778 bits per heavy atom. The Balaban J connectivity index is 1.92. The number of hydrogen-bond donors (Lipinski definition) is 1. The molecule has 1 aromatic heterocycles. The SMILES string of the molecule is C=Cc1cccc(/C=C/c2c3ccccc3cc3ccccc23)[n+]1CCN. The van der Waals surface area contributed by atoms with Gasteiger partial charge in [0.25, 0.3) is 0 Å². The third kappa shape index (κ3) is 3.27. The highest BCUT2D eigenvalue weighted by molar-refractivity contribution is 6.07. The van der Waals surface area contributed by atoms with Crippen LogP contribution >= 0.6 is 0 Å². The maximum Gasteiger partial charge on any atom is 0.205 e. The van der Waals surface area contributed by atoms with E-state index in [4.69, 9.17) is 5.73 Å². The summed E-state index contributed by atoms with van der Waals surface area (Å²) in [5.74, 6) is 0. The fraction of sp³-hybridized carbons (Fsp3) is 0.0800. The predicted molar refractivity (Wildman–Crippen MR) is 116 cm³/mol. The van der Waals surface area contributed by atoms with Gasteiger partial charge >= 0.3 is 0 Å². The molecule has 27 heavy (non-hydrogen) atoms. The van der Waals surface area contributed by atoms with E-state index in [1.54, 1.807) is 0 Å². The van der Waals surface area contributed by atoms with E-state index in [-0.39, 0.29) is 0 Å². The molecule has 0 aliphatic heterocycles. The van der Waals surface area contributed by atoms with E-state index in [0.29, 0.717) is 6.54 Å². The van der Waals surface area contributed by atoms with Gasteiger partial charge in [-0.2, -0.15) is 4.57 Å². The summed E-state index contributed by atoms with van der Waals surface area (Å²) in [4.78, 5) is 0. The first-order valence-electron chi connectivity index (χ1n) is 9.26. The highest BCUT2D eigenvalue weighted by Crippen LogP contribution is 2.29. The first-order chi connectivity index (χ1) is 13.3. The molecule has 0 spiro atoms. The van der Waals surface area contributed by atoms with Crippen LogP contribution in [0.25, 0.3) is 39.8 Å². The van der Waals surface area contributed by atoms with Crippen molar-refractivity contribution in [3.63, 3.8) is 0 Å². The Kier molecular flexibility index (Phi) is 4.82. The molecule has 0 unspecified atom stereocenters. The standard InChI is InChI=1S/C25H23N2/c1-2-21-10-7-11-22(27(21)17-16-26)14-15-25-23-12-5-3-8-19(23)18-20-9-4-6-13-24(20)25/h2-15,18H,1,16-17,26H2/q+1/b15-14+. The van der Waals surface area contributed by atoms with Gasteiger partial charge in [-0.1, -0.05) is 55.1 Å². The minimum Gasteiger partial charge on any atom is -0.325 e. The van der Waals surface area contributed by atoms with Crippen LogP contribution in [0.2, 0.25) is 0 Å². The molecule has 3 aromatic carbocycles. The van der Waals surface area contributed by atoms with Gasteiger partial charge in [0, 0.05) is 24.3 Å². The summed E-state index contributed by atoms with van der Waals surface area (Å²) >= 11 is 0. The Bertz CT molecular complexity index is 1100. The summed E-state index contributed by atoms with van der Waals surface area (Å²) in [5, 5.41) is 5.03.